The lowest BCUT2D eigenvalue weighted by molar-refractivity contribution is -0.00575. The van der Waals surface area contributed by atoms with Gasteiger partial charge in [0, 0.05) is 0 Å². The average molecular weight is 501 g/mol. The van der Waals surface area contributed by atoms with Gasteiger partial charge in [0.15, 0.2) is 0 Å². The Labute approximate surface area is 217 Å². The minimum atomic E-state index is -0.0844. The fourth-order valence-electron chi connectivity index (χ4n) is 12.0. The number of hydrogen-bond acceptors (Lipinski definition) is 2. The van der Waals surface area contributed by atoms with Crippen LogP contribution in [0.2, 0.25) is 0 Å². The van der Waals surface area contributed by atoms with Crippen molar-refractivity contribution < 1.29 is 10.2 Å². The van der Waals surface area contributed by atoms with Crippen LogP contribution in [-0.2, 0) is 10.8 Å². The molecule has 4 atom stereocenters. The first-order chi connectivity index (χ1) is 17.3. The molecule has 36 heavy (non-hydrogen) atoms. The molecule has 8 saturated carbocycles. The smallest absolute Gasteiger partial charge is 0.115 e. The zero-order chi connectivity index (χ0) is 24.3. The second-order valence-electron chi connectivity index (χ2n) is 14.6. The summed E-state index contributed by atoms with van der Waals surface area (Å²) in [5.41, 5.74) is 3.75. The Morgan fingerprint density at radius 2 is 0.889 bits per heavy atom. The van der Waals surface area contributed by atoms with Gasteiger partial charge in [-0.25, -0.2) is 0 Å². The fraction of sp³-hybridized carbons (Fsp3) is 0.636. The highest BCUT2D eigenvalue weighted by atomic mass is 31.1. The third kappa shape index (κ3) is 3.06. The summed E-state index contributed by atoms with van der Waals surface area (Å²) in [5, 5.41) is 21.1. The average Bonchev–Trinajstić information content (AvgIpc) is 2.82. The van der Waals surface area contributed by atoms with Crippen LogP contribution < -0.4 is 0 Å². The summed E-state index contributed by atoms with van der Waals surface area (Å²) < 4.78 is 0. The molecule has 0 radical (unpaired) electrons. The van der Waals surface area contributed by atoms with Crippen LogP contribution in [0.15, 0.2) is 48.5 Å². The zero-order valence-corrected chi connectivity index (χ0v) is 22.6. The molecule has 10 rings (SSSR count). The normalized spacial score (nSPS) is 46.8. The number of phenols is 2. The Morgan fingerprint density at radius 1 is 0.556 bits per heavy atom. The van der Waals surface area contributed by atoms with Gasteiger partial charge in [-0.2, -0.15) is 0 Å². The summed E-state index contributed by atoms with van der Waals surface area (Å²) in [7, 11) is -0.0844. The van der Waals surface area contributed by atoms with Crippen LogP contribution >= 0.6 is 7.92 Å². The van der Waals surface area contributed by atoms with Crippen LogP contribution in [0.5, 0.6) is 11.5 Å². The van der Waals surface area contributed by atoms with Crippen LogP contribution in [0.3, 0.4) is 0 Å². The number of rotatable bonds is 4. The quantitative estimate of drug-likeness (QED) is 0.417. The fourth-order valence-corrected chi connectivity index (χ4v) is 16.2. The first kappa shape index (κ1) is 22.5. The Hall–Kier alpha value is -1.53. The summed E-state index contributed by atoms with van der Waals surface area (Å²) in [6, 6.07) is 16.8. The van der Waals surface area contributed by atoms with Crippen LogP contribution in [0.4, 0.5) is 0 Å². The van der Waals surface area contributed by atoms with E-state index in [1.54, 1.807) is 0 Å². The van der Waals surface area contributed by atoms with E-state index in [2.05, 4.69) is 30.9 Å². The van der Waals surface area contributed by atoms with E-state index in [9.17, 15) is 10.2 Å². The number of phenolic OH excluding ortho intramolecular Hbond substituents is 2. The van der Waals surface area contributed by atoms with E-state index in [-0.39, 0.29) is 7.92 Å². The monoisotopic (exact) mass is 500 g/mol. The molecule has 0 saturated heterocycles. The van der Waals surface area contributed by atoms with Gasteiger partial charge in [-0.3, -0.25) is 0 Å². The van der Waals surface area contributed by atoms with Crippen molar-refractivity contribution in [3.05, 3.63) is 59.7 Å². The first-order valence-electron chi connectivity index (χ1n) is 14.6. The number of aromatic hydroxyl groups is 2. The second kappa shape index (κ2) is 7.31. The summed E-state index contributed by atoms with van der Waals surface area (Å²) in [4.78, 5) is 0. The molecule has 8 fully saturated rings. The molecule has 2 N–H and O–H groups in total. The predicted octanol–water partition coefficient (Wildman–Crippen LogP) is 8.09. The molecule has 4 unspecified atom stereocenters. The van der Waals surface area contributed by atoms with E-state index < -0.39 is 0 Å². The predicted molar refractivity (Wildman–Crippen MR) is 147 cm³/mol. The van der Waals surface area contributed by atoms with Crippen molar-refractivity contribution >= 4 is 7.92 Å². The molecule has 8 aliphatic carbocycles. The van der Waals surface area contributed by atoms with Crippen molar-refractivity contribution in [2.75, 3.05) is 6.66 Å². The zero-order valence-electron chi connectivity index (χ0n) is 21.8. The van der Waals surface area contributed by atoms with Crippen molar-refractivity contribution in [3.63, 3.8) is 0 Å². The summed E-state index contributed by atoms with van der Waals surface area (Å²) in [6.07, 6.45) is 17.3. The maximum absolute atomic E-state index is 10.00. The van der Waals surface area contributed by atoms with Crippen molar-refractivity contribution in [1.82, 2.24) is 0 Å². The van der Waals surface area contributed by atoms with Crippen molar-refractivity contribution in [2.24, 2.45) is 23.7 Å². The van der Waals surface area contributed by atoms with E-state index in [1.807, 2.05) is 24.3 Å². The molecule has 0 amide bonds. The van der Waals surface area contributed by atoms with Crippen molar-refractivity contribution in [1.29, 1.82) is 0 Å². The molecule has 0 aromatic heterocycles. The maximum Gasteiger partial charge on any atom is 0.115 e. The molecule has 8 bridgehead atoms. The summed E-state index contributed by atoms with van der Waals surface area (Å²) >= 11 is 0. The lowest BCUT2D eigenvalue weighted by Gasteiger charge is -2.71. The van der Waals surface area contributed by atoms with Crippen molar-refractivity contribution in [3.8, 4) is 11.5 Å². The number of benzene rings is 2. The molecule has 0 aliphatic heterocycles. The Kier molecular flexibility index (Phi) is 4.56. The largest absolute Gasteiger partial charge is 0.508 e. The SMILES string of the molecule is CP(C12CC3CC(CC(c4ccc(O)cc4)(C3)C1)C2)C12CC3CC(CC(c4ccc(O)cc4)(C3)C1)C2. The molecular formula is C33H41O2P. The highest BCUT2D eigenvalue weighted by Gasteiger charge is 2.66. The van der Waals surface area contributed by atoms with Gasteiger partial charge in [-0.15, -0.1) is 0 Å². The molecular weight excluding hydrogens is 459 g/mol. The molecule has 3 heteroatoms. The van der Waals surface area contributed by atoms with Gasteiger partial charge >= 0.3 is 0 Å². The van der Waals surface area contributed by atoms with Crippen LogP contribution in [0, 0.1) is 23.7 Å². The summed E-state index contributed by atoms with van der Waals surface area (Å²) in [6.45, 7) is 2.78. The minimum Gasteiger partial charge on any atom is -0.508 e. The van der Waals surface area contributed by atoms with Gasteiger partial charge in [0.05, 0.1) is 0 Å². The van der Waals surface area contributed by atoms with E-state index in [0.29, 0.717) is 32.6 Å². The van der Waals surface area contributed by atoms with E-state index >= 15 is 0 Å². The topological polar surface area (TPSA) is 40.5 Å². The van der Waals surface area contributed by atoms with E-state index in [1.165, 1.54) is 88.2 Å². The maximum atomic E-state index is 10.00. The van der Waals surface area contributed by atoms with Gasteiger partial charge in [-0.1, -0.05) is 32.2 Å². The molecule has 2 aromatic rings. The Bertz CT molecular complexity index is 1060. The second-order valence-corrected chi connectivity index (χ2v) is 17.6. The van der Waals surface area contributed by atoms with E-state index in [4.69, 9.17) is 0 Å². The molecule has 2 nitrogen and oxygen atoms in total. The highest BCUT2D eigenvalue weighted by molar-refractivity contribution is 7.60. The molecule has 0 spiro atoms. The first-order valence-corrected chi connectivity index (χ1v) is 16.4. The van der Waals surface area contributed by atoms with Crippen LogP contribution in [0.1, 0.15) is 88.2 Å². The molecule has 8 aliphatic rings. The highest BCUT2D eigenvalue weighted by Crippen LogP contribution is 2.80. The lowest BCUT2D eigenvalue weighted by atomic mass is 9.47. The van der Waals surface area contributed by atoms with Gasteiger partial charge in [-0.05, 0) is 164 Å². The number of hydrogen-bond donors (Lipinski definition) is 2. The molecule has 0 heterocycles. The van der Waals surface area contributed by atoms with Gasteiger partial charge in [0.2, 0.25) is 0 Å². The van der Waals surface area contributed by atoms with Crippen LogP contribution in [-0.4, -0.2) is 27.2 Å². The van der Waals surface area contributed by atoms with Crippen LogP contribution in [0.25, 0.3) is 0 Å². The van der Waals surface area contributed by atoms with E-state index in [0.717, 1.165) is 23.7 Å². The lowest BCUT2D eigenvalue weighted by Crippen LogP contribution is -2.62. The molecule has 2 aromatic carbocycles. The van der Waals surface area contributed by atoms with Gasteiger partial charge in [0.1, 0.15) is 11.5 Å². The molecule has 190 valence electrons. The third-order valence-corrected chi connectivity index (χ3v) is 16.3. The van der Waals surface area contributed by atoms with Gasteiger partial charge < -0.3 is 10.2 Å². The Morgan fingerprint density at radius 3 is 1.22 bits per heavy atom. The third-order valence-electron chi connectivity index (χ3n) is 12.4. The van der Waals surface area contributed by atoms with Gasteiger partial charge in [0.25, 0.3) is 0 Å². The minimum absolute atomic E-state index is 0.0844. The van der Waals surface area contributed by atoms with Crippen molar-refractivity contribution in [2.45, 2.75) is 98.2 Å². The standard InChI is InChI=1S/C33H41O2P/c1-36(32-16-22-10-23(17-32)13-30(12-22,20-32)26-2-6-28(34)7-3-26)33-18-24-11-25(19-33)15-31(14-24,21-33)27-4-8-29(35)9-5-27/h2-9,22-25,34-35H,10-21H2,1H3. The Balaban J connectivity index is 1.18. The summed E-state index contributed by atoms with van der Waals surface area (Å²) in [5.74, 6) is 4.44.